The van der Waals surface area contributed by atoms with E-state index in [1.165, 1.54) is 0 Å². The van der Waals surface area contributed by atoms with E-state index in [0.29, 0.717) is 6.42 Å². The van der Waals surface area contributed by atoms with Gasteiger partial charge < -0.3 is 31.5 Å². The molecule has 0 aromatic carbocycles. The SMILES string of the molecule is NCC(=O)NC(CS)C(=O)NC(CC(=O)O)C(=O)N1CCCC1C(=O)O. The van der Waals surface area contributed by atoms with E-state index in [2.05, 4.69) is 23.3 Å². The molecular weight excluding hydrogens is 368 g/mol. The van der Waals surface area contributed by atoms with Gasteiger partial charge in [-0.3, -0.25) is 19.2 Å². The number of carbonyl (C=O) groups excluding carboxylic acids is 3. The van der Waals surface area contributed by atoms with Gasteiger partial charge in [-0.25, -0.2) is 4.79 Å². The predicted octanol–water partition coefficient (Wildman–Crippen LogP) is -2.61. The Bertz CT molecular complexity index is 586. The molecule has 1 rings (SSSR count). The maximum absolute atomic E-state index is 12.6. The lowest BCUT2D eigenvalue weighted by molar-refractivity contribution is -0.150. The Balaban J connectivity index is 2.90. The number of nitrogens with one attached hydrogen (secondary N) is 2. The van der Waals surface area contributed by atoms with E-state index in [9.17, 15) is 24.0 Å². The van der Waals surface area contributed by atoms with Crippen molar-refractivity contribution in [1.29, 1.82) is 0 Å². The first-order valence-corrected chi connectivity index (χ1v) is 8.50. The van der Waals surface area contributed by atoms with Gasteiger partial charge in [-0.1, -0.05) is 0 Å². The largest absolute Gasteiger partial charge is 0.481 e. The number of aliphatic carboxylic acids is 2. The Labute approximate surface area is 154 Å². The highest BCUT2D eigenvalue weighted by molar-refractivity contribution is 7.80. The molecule has 0 radical (unpaired) electrons. The number of amides is 3. The van der Waals surface area contributed by atoms with Crippen molar-refractivity contribution in [3.63, 3.8) is 0 Å². The van der Waals surface area contributed by atoms with E-state index in [1.54, 1.807) is 0 Å². The maximum atomic E-state index is 12.6. The number of hydrogen-bond acceptors (Lipinski definition) is 7. The van der Waals surface area contributed by atoms with Gasteiger partial charge in [0.1, 0.15) is 18.1 Å². The molecule has 1 fully saturated rings. The molecule has 1 aliphatic heterocycles. The van der Waals surface area contributed by atoms with E-state index in [-0.39, 0.29) is 25.3 Å². The van der Waals surface area contributed by atoms with Crippen molar-refractivity contribution in [1.82, 2.24) is 15.5 Å². The zero-order chi connectivity index (χ0) is 19.9. The number of thiol groups is 1. The third kappa shape index (κ3) is 5.88. The summed E-state index contributed by atoms with van der Waals surface area (Å²) in [7, 11) is 0. The van der Waals surface area contributed by atoms with Crippen LogP contribution in [0.2, 0.25) is 0 Å². The summed E-state index contributed by atoms with van der Waals surface area (Å²) in [6, 6.07) is -3.64. The van der Waals surface area contributed by atoms with Crippen LogP contribution in [0.25, 0.3) is 0 Å². The summed E-state index contributed by atoms with van der Waals surface area (Å²) < 4.78 is 0. The van der Waals surface area contributed by atoms with Gasteiger partial charge in [-0.2, -0.15) is 12.6 Å². The highest BCUT2D eigenvalue weighted by atomic mass is 32.1. The molecule has 0 spiro atoms. The topological polar surface area (TPSA) is 179 Å². The van der Waals surface area contributed by atoms with Gasteiger partial charge in [0.05, 0.1) is 13.0 Å². The third-order valence-corrected chi connectivity index (χ3v) is 4.20. The van der Waals surface area contributed by atoms with Crippen molar-refractivity contribution in [3.8, 4) is 0 Å². The van der Waals surface area contributed by atoms with Crippen molar-refractivity contribution in [3.05, 3.63) is 0 Å². The Morgan fingerprint density at radius 3 is 2.31 bits per heavy atom. The van der Waals surface area contributed by atoms with E-state index in [4.69, 9.17) is 15.9 Å². The van der Waals surface area contributed by atoms with Crippen LogP contribution >= 0.6 is 12.6 Å². The van der Waals surface area contributed by atoms with E-state index in [1.807, 2.05) is 0 Å². The zero-order valence-corrected chi connectivity index (χ0v) is 14.8. The van der Waals surface area contributed by atoms with Crippen molar-refractivity contribution >= 4 is 42.3 Å². The van der Waals surface area contributed by atoms with Crippen LogP contribution in [-0.4, -0.2) is 81.7 Å². The third-order valence-electron chi connectivity index (χ3n) is 3.83. The van der Waals surface area contributed by atoms with Crippen molar-refractivity contribution in [2.75, 3.05) is 18.8 Å². The highest BCUT2D eigenvalue weighted by Gasteiger charge is 2.38. The van der Waals surface area contributed by atoms with Gasteiger partial charge in [0.2, 0.25) is 17.7 Å². The minimum absolute atomic E-state index is 0.104. The average molecular weight is 390 g/mol. The molecule has 6 N–H and O–H groups in total. The summed E-state index contributed by atoms with van der Waals surface area (Å²) in [4.78, 5) is 59.5. The highest BCUT2D eigenvalue weighted by Crippen LogP contribution is 2.19. The first kappa shape index (κ1) is 21.7. The summed E-state index contributed by atoms with van der Waals surface area (Å²) >= 11 is 3.94. The minimum atomic E-state index is -1.46. The molecule has 26 heavy (non-hydrogen) atoms. The molecular formula is C14H22N4O7S. The molecule has 146 valence electrons. The Hall–Kier alpha value is -2.34. The molecule has 1 aliphatic rings. The van der Waals surface area contributed by atoms with E-state index in [0.717, 1.165) is 4.90 Å². The van der Waals surface area contributed by atoms with Crippen LogP contribution < -0.4 is 16.4 Å². The van der Waals surface area contributed by atoms with Crippen LogP contribution in [0.1, 0.15) is 19.3 Å². The number of carboxylic acid groups (broad SMARTS) is 2. The van der Waals surface area contributed by atoms with Crippen LogP contribution in [0.5, 0.6) is 0 Å². The lowest BCUT2D eigenvalue weighted by atomic mass is 10.1. The number of likely N-dealkylation sites (tertiary alicyclic amines) is 1. The second kappa shape index (κ2) is 9.97. The standard InChI is InChI=1S/C14H22N4O7S/c15-5-10(19)16-8(6-26)12(22)17-7(4-11(20)21)13(23)18-3-1-2-9(18)14(24)25/h7-9,26H,1-6,15H2,(H,16,19)(H,17,22)(H,20,21)(H,24,25). The predicted molar refractivity (Wildman–Crippen MR) is 91.4 cm³/mol. The minimum Gasteiger partial charge on any atom is -0.481 e. The van der Waals surface area contributed by atoms with Crippen LogP contribution in [0.15, 0.2) is 0 Å². The van der Waals surface area contributed by atoms with Crippen LogP contribution in [-0.2, 0) is 24.0 Å². The summed E-state index contributed by atoms with van der Waals surface area (Å²) in [5.74, 6) is -4.87. The lowest BCUT2D eigenvalue weighted by Gasteiger charge is -2.27. The number of carbonyl (C=O) groups is 5. The van der Waals surface area contributed by atoms with Crippen molar-refractivity contribution < 1.29 is 34.2 Å². The molecule has 11 nitrogen and oxygen atoms in total. The van der Waals surface area contributed by atoms with Crippen molar-refractivity contribution in [2.45, 2.75) is 37.4 Å². The van der Waals surface area contributed by atoms with Crippen LogP contribution in [0, 0.1) is 0 Å². The normalized spacial score (nSPS) is 18.7. The second-order valence-electron chi connectivity index (χ2n) is 5.69. The molecule has 0 aliphatic carbocycles. The lowest BCUT2D eigenvalue weighted by Crippen LogP contribution is -2.57. The second-order valence-corrected chi connectivity index (χ2v) is 6.06. The molecule has 1 saturated heterocycles. The monoisotopic (exact) mass is 390 g/mol. The van der Waals surface area contributed by atoms with Gasteiger partial charge >= 0.3 is 11.9 Å². The molecule has 0 aromatic heterocycles. The van der Waals surface area contributed by atoms with E-state index < -0.39 is 54.2 Å². The Morgan fingerprint density at radius 2 is 1.81 bits per heavy atom. The molecule has 3 unspecified atom stereocenters. The van der Waals surface area contributed by atoms with Gasteiger partial charge in [0.25, 0.3) is 0 Å². The fourth-order valence-corrected chi connectivity index (χ4v) is 2.84. The summed E-state index contributed by atoms with van der Waals surface area (Å²) in [6.07, 6.45) is -0.0135. The van der Waals surface area contributed by atoms with Crippen molar-refractivity contribution in [2.24, 2.45) is 5.73 Å². The van der Waals surface area contributed by atoms with Gasteiger partial charge in [-0.05, 0) is 12.8 Å². The number of rotatable bonds is 9. The quantitative estimate of drug-likeness (QED) is 0.232. The number of carboxylic acids is 2. The number of nitrogens with zero attached hydrogens (tertiary/aromatic N) is 1. The van der Waals surface area contributed by atoms with Gasteiger partial charge in [0.15, 0.2) is 0 Å². The Kier molecular flexibility index (Phi) is 8.32. The smallest absolute Gasteiger partial charge is 0.326 e. The molecule has 12 heteroatoms. The number of hydrogen-bond donors (Lipinski definition) is 6. The first-order valence-electron chi connectivity index (χ1n) is 7.87. The molecule has 0 bridgehead atoms. The molecule has 1 heterocycles. The molecule has 0 saturated carbocycles. The Morgan fingerprint density at radius 1 is 1.15 bits per heavy atom. The fraction of sp³-hybridized carbons (Fsp3) is 0.643. The van der Waals surface area contributed by atoms with Crippen LogP contribution in [0.3, 0.4) is 0 Å². The summed E-state index contributed by atoms with van der Waals surface area (Å²) in [6.45, 7) is -0.204. The molecule has 3 atom stereocenters. The van der Waals surface area contributed by atoms with Gasteiger partial charge in [0, 0.05) is 12.3 Å². The number of nitrogens with two attached hydrogens (primary N) is 1. The zero-order valence-electron chi connectivity index (χ0n) is 13.9. The van der Waals surface area contributed by atoms with E-state index >= 15 is 0 Å². The maximum Gasteiger partial charge on any atom is 0.326 e. The summed E-state index contributed by atoms with van der Waals surface area (Å²) in [5.41, 5.74) is 5.15. The summed E-state index contributed by atoms with van der Waals surface area (Å²) in [5, 5.41) is 22.7. The average Bonchev–Trinajstić information content (AvgIpc) is 3.07. The van der Waals surface area contributed by atoms with Crippen LogP contribution in [0.4, 0.5) is 0 Å². The molecule has 3 amide bonds. The van der Waals surface area contributed by atoms with Gasteiger partial charge in [-0.15, -0.1) is 0 Å². The fourth-order valence-electron chi connectivity index (χ4n) is 2.58. The molecule has 0 aromatic rings. The first-order chi connectivity index (χ1) is 12.2.